The van der Waals surface area contributed by atoms with Crippen LogP contribution >= 0.6 is 0 Å². The van der Waals surface area contributed by atoms with Crippen molar-refractivity contribution in [2.24, 2.45) is 0 Å². The minimum absolute atomic E-state index is 0.169. The third kappa shape index (κ3) is 4.20. The van der Waals surface area contributed by atoms with E-state index >= 15 is 0 Å². The number of carbonyl (C=O) groups is 2. The number of carbonyl (C=O) groups excluding carboxylic acids is 2. The van der Waals surface area contributed by atoms with Crippen molar-refractivity contribution < 1.29 is 9.59 Å². The van der Waals surface area contributed by atoms with E-state index in [0.717, 1.165) is 58.4 Å². The van der Waals surface area contributed by atoms with Crippen molar-refractivity contribution in [3.05, 3.63) is 0 Å². The summed E-state index contributed by atoms with van der Waals surface area (Å²) < 4.78 is 0. The molecule has 2 fully saturated rings. The summed E-state index contributed by atoms with van der Waals surface area (Å²) in [6.45, 7) is 5.95. The van der Waals surface area contributed by atoms with Crippen LogP contribution in [0.1, 0.15) is 39.0 Å². The van der Waals surface area contributed by atoms with Crippen LogP contribution in [0.15, 0.2) is 0 Å². The molecule has 2 heterocycles. The molecule has 2 rings (SSSR count). The van der Waals surface area contributed by atoms with Gasteiger partial charge in [0.1, 0.15) is 0 Å². The molecule has 0 atom stereocenters. The highest BCUT2D eigenvalue weighted by Gasteiger charge is 2.21. The second-order valence-electron chi connectivity index (χ2n) is 5.57. The molecular weight excluding hydrogens is 242 g/mol. The highest BCUT2D eigenvalue weighted by Crippen LogP contribution is 2.11. The highest BCUT2D eigenvalue weighted by molar-refractivity contribution is 5.76. The standard InChI is InChI=1S/C14H25N3O2/c1-12(18)16-10-5-13(6-11-16)15-7-4-14(19)17-8-2-3-9-17/h13,15H,2-11H2,1H3. The molecule has 0 saturated carbocycles. The molecule has 0 bridgehead atoms. The van der Waals surface area contributed by atoms with Gasteiger partial charge in [0, 0.05) is 52.1 Å². The Labute approximate surface area is 115 Å². The summed E-state index contributed by atoms with van der Waals surface area (Å²) in [5.41, 5.74) is 0. The largest absolute Gasteiger partial charge is 0.343 e. The summed E-state index contributed by atoms with van der Waals surface area (Å²) in [4.78, 5) is 26.9. The van der Waals surface area contributed by atoms with Gasteiger partial charge in [-0.2, -0.15) is 0 Å². The molecule has 0 aromatic rings. The molecule has 2 aliphatic heterocycles. The number of hydrogen-bond acceptors (Lipinski definition) is 3. The van der Waals surface area contributed by atoms with E-state index in [2.05, 4.69) is 5.32 Å². The van der Waals surface area contributed by atoms with Gasteiger partial charge in [0.25, 0.3) is 0 Å². The fourth-order valence-corrected chi connectivity index (χ4v) is 2.91. The van der Waals surface area contributed by atoms with Crippen LogP contribution in [0.4, 0.5) is 0 Å². The predicted octanol–water partition coefficient (Wildman–Crippen LogP) is 0.599. The van der Waals surface area contributed by atoms with E-state index in [0.29, 0.717) is 12.5 Å². The van der Waals surface area contributed by atoms with Crippen LogP contribution in [0.2, 0.25) is 0 Å². The summed E-state index contributed by atoms with van der Waals surface area (Å²) in [6, 6.07) is 0.460. The number of rotatable bonds is 4. The van der Waals surface area contributed by atoms with Gasteiger partial charge < -0.3 is 15.1 Å². The van der Waals surface area contributed by atoms with E-state index in [1.165, 1.54) is 0 Å². The molecule has 19 heavy (non-hydrogen) atoms. The Bertz CT molecular complexity index is 319. The maximum Gasteiger partial charge on any atom is 0.223 e. The van der Waals surface area contributed by atoms with E-state index in [4.69, 9.17) is 0 Å². The topological polar surface area (TPSA) is 52.7 Å². The van der Waals surface area contributed by atoms with E-state index in [1.807, 2.05) is 9.80 Å². The molecule has 2 amide bonds. The van der Waals surface area contributed by atoms with Crippen LogP contribution in [0.5, 0.6) is 0 Å². The maximum absolute atomic E-state index is 11.9. The van der Waals surface area contributed by atoms with Crippen LogP contribution in [0, 0.1) is 0 Å². The molecule has 0 aromatic heterocycles. The minimum Gasteiger partial charge on any atom is -0.343 e. The molecule has 2 aliphatic rings. The fraction of sp³-hybridized carbons (Fsp3) is 0.857. The summed E-state index contributed by atoms with van der Waals surface area (Å²) in [5, 5.41) is 3.45. The zero-order chi connectivity index (χ0) is 13.7. The molecule has 0 unspecified atom stereocenters. The molecular formula is C14H25N3O2. The summed E-state index contributed by atoms with van der Waals surface area (Å²) in [6.07, 6.45) is 4.91. The van der Waals surface area contributed by atoms with Crippen LogP contribution in [0.3, 0.4) is 0 Å². The Hall–Kier alpha value is -1.10. The first-order valence-corrected chi connectivity index (χ1v) is 7.43. The summed E-state index contributed by atoms with van der Waals surface area (Å²) >= 11 is 0. The van der Waals surface area contributed by atoms with Gasteiger partial charge in [-0.3, -0.25) is 9.59 Å². The lowest BCUT2D eigenvalue weighted by molar-refractivity contribution is -0.130. The molecule has 108 valence electrons. The molecule has 0 aliphatic carbocycles. The van der Waals surface area contributed by atoms with E-state index < -0.39 is 0 Å². The monoisotopic (exact) mass is 267 g/mol. The van der Waals surface area contributed by atoms with Crippen molar-refractivity contribution in [2.45, 2.75) is 45.1 Å². The van der Waals surface area contributed by atoms with E-state index in [9.17, 15) is 9.59 Å². The summed E-state index contributed by atoms with van der Waals surface area (Å²) in [5.74, 6) is 0.453. The number of nitrogens with one attached hydrogen (secondary N) is 1. The zero-order valence-electron chi connectivity index (χ0n) is 11.9. The first-order chi connectivity index (χ1) is 9.16. The van der Waals surface area contributed by atoms with Gasteiger partial charge >= 0.3 is 0 Å². The van der Waals surface area contributed by atoms with Crippen molar-refractivity contribution in [3.63, 3.8) is 0 Å². The Morgan fingerprint density at radius 2 is 1.68 bits per heavy atom. The lowest BCUT2D eigenvalue weighted by atomic mass is 10.0. The molecule has 0 radical (unpaired) electrons. The second kappa shape index (κ2) is 6.89. The van der Waals surface area contributed by atoms with Gasteiger partial charge in [-0.1, -0.05) is 0 Å². The van der Waals surface area contributed by atoms with Crippen molar-refractivity contribution in [1.29, 1.82) is 0 Å². The summed E-state index contributed by atoms with van der Waals surface area (Å²) in [7, 11) is 0. The van der Waals surface area contributed by atoms with Gasteiger partial charge in [0.2, 0.25) is 11.8 Å². The number of piperidine rings is 1. The van der Waals surface area contributed by atoms with Gasteiger partial charge in [0.15, 0.2) is 0 Å². The molecule has 0 aromatic carbocycles. The van der Waals surface area contributed by atoms with Crippen LogP contribution in [-0.2, 0) is 9.59 Å². The molecule has 2 saturated heterocycles. The number of likely N-dealkylation sites (tertiary alicyclic amines) is 2. The maximum atomic E-state index is 11.9. The first-order valence-electron chi connectivity index (χ1n) is 7.43. The lowest BCUT2D eigenvalue weighted by Gasteiger charge is -2.31. The van der Waals surface area contributed by atoms with Crippen molar-refractivity contribution >= 4 is 11.8 Å². The van der Waals surface area contributed by atoms with Gasteiger partial charge in [-0.05, 0) is 25.7 Å². The number of amides is 2. The van der Waals surface area contributed by atoms with Crippen LogP contribution in [-0.4, -0.2) is 60.4 Å². The second-order valence-corrected chi connectivity index (χ2v) is 5.57. The van der Waals surface area contributed by atoms with Gasteiger partial charge in [0.05, 0.1) is 0 Å². The lowest BCUT2D eigenvalue weighted by Crippen LogP contribution is -2.45. The van der Waals surface area contributed by atoms with Crippen molar-refractivity contribution in [2.75, 3.05) is 32.7 Å². The van der Waals surface area contributed by atoms with E-state index in [-0.39, 0.29) is 11.8 Å². The van der Waals surface area contributed by atoms with Gasteiger partial charge in [-0.25, -0.2) is 0 Å². The zero-order valence-corrected chi connectivity index (χ0v) is 11.9. The Kier molecular flexibility index (Phi) is 5.19. The molecule has 5 nitrogen and oxygen atoms in total. The number of hydrogen-bond donors (Lipinski definition) is 1. The first kappa shape index (κ1) is 14.3. The molecule has 5 heteroatoms. The molecule has 0 spiro atoms. The Morgan fingerprint density at radius 1 is 1.05 bits per heavy atom. The predicted molar refractivity (Wildman–Crippen MR) is 73.7 cm³/mol. The third-order valence-electron chi connectivity index (χ3n) is 4.17. The minimum atomic E-state index is 0.169. The van der Waals surface area contributed by atoms with Crippen molar-refractivity contribution in [3.8, 4) is 0 Å². The third-order valence-corrected chi connectivity index (χ3v) is 4.17. The SMILES string of the molecule is CC(=O)N1CCC(NCCC(=O)N2CCCC2)CC1. The highest BCUT2D eigenvalue weighted by atomic mass is 16.2. The van der Waals surface area contributed by atoms with E-state index in [1.54, 1.807) is 6.92 Å². The van der Waals surface area contributed by atoms with Gasteiger partial charge in [-0.15, -0.1) is 0 Å². The van der Waals surface area contributed by atoms with Crippen molar-refractivity contribution in [1.82, 2.24) is 15.1 Å². The fourth-order valence-electron chi connectivity index (χ4n) is 2.91. The normalized spacial score (nSPS) is 20.9. The van der Waals surface area contributed by atoms with Crippen LogP contribution < -0.4 is 5.32 Å². The average Bonchev–Trinajstić information content (AvgIpc) is 2.93. The quantitative estimate of drug-likeness (QED) is 0.811. The number of nitrogens with zero attached hydrogens (tertiary/aromatic N) is 2. The smallest absolute Gasteiger partial charge is 0.223 e. The Balaban J connectivity index is 1.59. The van der Waals surface area contributed by atoms with Crippen LogP contribution in [0.25, 0.3) is 0 Å². The molecule has 1 N–H and O–H groups in total. The Morgan fingerprint density at radius 3 is 2.26 bits per heavy atom. The average molecular weight is 267 g/mol.